The summed E-state index contributed by atoms with van der Waals surface area (Å²) in [6.07, 6.45) is 1.90. The van der Waals surface area contributed by atoms with E-state index in [1.54, 1.807) is 6.20 Å². The molecule has 1 N–H and O–H groups in total. The second-order valence-electron chi connectivity index (χ2n) is 7.86. The second-order valence-corrected chi connectivity index (χ2v) is 7.86. The van der Waals surface area contributed by atoms with Gasteiger partial charge in [-0.15, -0.1) is 0 Å². The Labute approximate surface area is 177 Å². The Bertz CT molecular complexity index is 844. The molecule has 2 aliphatic rings. The van der Waals surface area contributed by atoms with E-state index in [4.69, 9.17) is 9.47 Å². The van der Waals surface area contributed by atoms with Crippen molar-refractivity contribution in [2.75, 3.05) is 49.6 Å². The number of hydrogen-bond donors (Lipinski definition) is 1. The summed E-state index contributed by atoms with van der Waals surface area (Å²) < 4.78 is 11.1. The molecule has 4 rings (SSSR count). The number of nitrogens with one attached hydrogen (secondary N) is 1. The number of hydrogen-bond acceptors (Lipinski definition) is 7. The molecular weight excluding hydrogens is 382 g/mol. The highest BCUT2D eigenvalue weighted by Gasteiger charge is 2.26. The molecule has 1 aromatic heterocycles. The lowest BCUT2D eigenvalue weighted by Gasteiger charge is -2.35. The van der Waals surface area contributed by atoms with Gasteiger partial charge in [-0.05, 0) is 37.6 Å². The fourth-order valence-electron chi connectivity index (χ4n) is 3.88. The number of nitrogens with zero attached hydrogens (tertiary/aromatic N) is 4. The van der Waals surface area contributed by atoms with Crippen LogP contribution in [0.1, 0.15) is 29.8 Å². The average Bonchev–Trinajstić information content (AvgIpc) is 2.78. The Kier molecular flexibility index (Phi) is 6.44. The van der Waals surface area contributed by atoms with E-state index in [-0.39, 0.29) is 18.1 Å². The minimum Gasteiger partial charge on any atom is -0.378 e. The zero-order valence-corrected chi connectivity index (χ0v) is 17.6. The minimum atomic E-state index is 0.0538. The molecule has 8 nitrogen and oxygen atoms in total. The van der Waals surface area contributed by atoms with Gasteiger partial charge in [-0.3, -0.25) is 4.79 Å². The molecule has 0 unspecified atom stereocenters. The molecular formula is C22H29N5O3. The van der Waals surface area contributed by atoms with Crippen molar-refractivity contribution in [2.45, 2.75) is 32.6 Å². The third-order valence-electron chi connectivity index (χ3n) is 5.33. The van der Waals surface area contributed by atoms with Crippen molar-refractivity contribution in [3.63, 3.8) is 0 Å². The summed E-state index contributed by atoms with van der Waals surface area (Å²) in [5.74, 6) is 1.55. The molecule has 0 saturated carbocycles. The van der Waals surface area contributed by atoms with Gasteiger partial charge in [0.1, 0.15) is 5.82 Å². The summed E-state index contributed by atoms with van der Waals surface area (Å²) >= 11 is 0. The smallest absolute Gasteiger partial charge is 0.254 e. The first kappa shape index (κ1) is 20.6. The quantitative estimate of drug-likeness (QED) is 0.808. The Morgan fingerprint density at radius 3 is 2.50 bits per heavy atom. The number of rotatable bonds is 5. The summed E-state index contributed by atoms with van der Waals surface area (Å²) in [5.41, 5.74) is 1.77. The molecule has 0 bridgehead atoms. The van der Waals surface area contributed by atoms with Gasteiger partial charge in [-0.2, -0.15) is 4.98 Å². The van der Waals surface area contributed by atoms with E-state index in [1.807, 2.05) is 49.1 Å². The largest absolute Gasteiger partial charge is 0.378 e. The number of carbonyl (C=O) groups is 1. The minimum absolute atomic E-state index is 0.0538. The molecule has 160 valence electrons. The van der Waals surface area contributed by atoms with Crippen LogP contribution in [0.5, 0.6) is 0 Å². The van der Waals surface area contributed by atoms with E-state index >= 15 is 0 Å². The molecule has 8 heteroatoms. The predicted molar refractivity (Wildman–Crippen MR) is 115 cm³/mol. The molecule has 30 heavy (non-hydrogen) atoms. The van der Waals surface area contributed by atoms with Crippen LogP contribution in [0.2, 0.25) is 0 Å². The molecule has 2 saturated heterocycles. The average molecular weight is 412 g/mol. The lowest BCUT2D eigenvalue weighted by molar-refractivity contribution is -0.0586. The molecule has 2 atom stereocenters. The third kappa shape index (κ3) is 5.06. The highest BCUT2D eigenvalue weighted by molar-refractivity contribution is 5.94. The molecule has 1 aromatic carbocycles. The Morgan fingerprint density at radius 1 is 1.10 bits per heavy atom. The van der Waals surface area contributed by atoms with Crippen LogP contribution in [0.15, 0.2) is 36.5 Å². The van der Waals surface area contributed by atoms with E-state index in [0.29, 0.717) is 31.1 Å². The Balaban J connectivity index is 1.34. The zero-order chi connectivity index (χ0) is 20.9. The summed E-state index contributed by atoms with van der Waals surface area (Å²) in [6, 6.07) is 9.63. The van der Waals surface area contributed by atoms with Crippen molar-refractivity contribution >= 4 is 17.7 Å². The van der Waals surface area contributed by atoms with Gasteiger partial charge >= 0.3 is 0 Å². The molecule has 2 aromatic rings. The van der Waals surface area contributed by atoms with E-state index in [0.717, 1.165) is 37.7 Å². The van der Waals surface area contributed by atoms with Gasteiger partial charge in [0.05, 0.1) is 25.4 Å². The van der Waals surface area contributed by atoms with Crippen LogP contribution in [0.25, 0.3) is 0 Å². The van der Waals surface area contributed by atoms with Crippen LogP contribution in [0.3, 0.4) is 0 Å². The Morgan fingerprint density at radius 2 is 1.80 bits per heavy atom. The molecule has 0 aliphatic carbocycles. The van der Waals surface area contributed by atoms with E-state index < -0.39 is 0 Å². The number of amides is 1. The highest BCUT2D eigenvalue weighted by atomic mass is 16.5. The van der Waals surface area contributed by atoms with E-state index in [1.165, 1.54) is 0 Å². The third-order valence-corrected chi connectivity index (χ3v) is 5.33. The zero-order valence-electron chi connectivity index (χ0n) is 17.6. The summed E-state index contributed by atoms with van der Waals surface area (Å²) in [6.45, 7) is 8.97. The molecule has 2 fully saturated rings. The lowest BCUT2D eigenvalue weighted by Crippen LogP contribution is -2.48. The van der Waals surface area contributed by atoms with Crippen LogP contribution < -0.4 is 10.2 Å². The lowest BCUT2D eigenvalue weighted by atomic mass is 10.1. The number of benzene rings is 1. The van der Waals surface area contributed by atoms with Gasteiger partial charge in [0, 0.05) is 44.5 Å². The first-order valence-corrected chi connectivity index (χ1v) is 10.5. The van der Waals surface area contributed by atoms with Crippen LogP contribution >= 0.6 is 0 Å². The highest BCUT2D eigenvalue weighted by Crippen LogP contribution is 2.17. The van der Waals surface area contributed by atoms with Crippen LogP contribution in [-0.2, 0) is 16.0 Å². The van der Waals surface area contributed by atoms with Crippen molar-refractivity contribution in [2.24, 2.45) is 0 Å². The second kappa shape index (κ2) is 9.40. The van der Waals surface area contributed by atoms with Gasteiger partial charge < -0.3 is 24.6 Å². The van der Waals surface area contributed by atoms with Crippen LogP contribution in [0.4, 0.5) is 11.8 Å². The maximum absolute atomic E-state index is 12.8. The molecule has 3 heterocycles. The fraction of sp³-hybridized carbons (Fsp3) is 0.500. The summed E-state index contributed by atoms with van der Waals surface area (Å²) in [4.78, 5) is 25.8. The maximum atomic E-state index is 12.8. The van der Waals surface area contributed by atoms with Gasteiger partial charge in [0.15, 0.2) is 0 Å². The first-order chi connectivity index (χ1) is 14.6. The van der Waals surface area contributed by atoms with E-state index in [9.17, 15) is 4.79 Å². The first-order valence-electron chi connectivity index (χ1n) is 10.5. The van der Waals surface area contributed by atoms with E-state index in [2.05, 4.69) is 20.2 Å². The summed E-state index contributed by atoms with van der Waals surface area (Å²) in [5, 5.41) is 3.27. The van der Waals surface area contributed by atoms with Crippen molar-refractivity contribution in [1.82, 2.24) is 14.9 Å². The SMILES string of the molecule is C[C@@H]1CN(C(=O)c2ccc(CNc3nccc(N4CCOCC4)n3)cc2)C[C@H](C)O1. The van der Waals surface area contributed by atoms with Gasteiger partial charge in [0.2, 0.25) is 5.95 Å². The molecule has 0 radical (unpaired) electrons. The normalized spacial score (nSPS) is 22.1. The topological polar surface area (TPSA) is 79.8 Å². The maximum Gasteiger partial charge on any atom is 0.254 e. The van der Waals surface area contributed by atoms with Crippen molar-refractivity contribution in [3.8, 4) is 0 Å². The van der Waals surface area contributed by atoms with Gasteiger partial charge in [0.25, 0.3) is 5.91 Å². The monoisotopic (exact) mass is 411 g/mol. The van der Waals surface area contributed by atoms with Crippen molar-refractivity contribution < 1.29 is 14.3 Å². The number of carbonyl (C=O) groups excluding carboxylic acids is 1. The van der Waals surface area contributed by atoms with Gasteiger partial charge in [-0.1, -0.05) is 12.1 Å². The molecule has 0 spiro atoms. The predicted octanol–water partition coefficient (Wildman–Crippen LogP) is 2.17. The summed E-state index contributed by atoms with van der Waals surface area (Å²) in [7, 11) is 0. The van der Waals surface area contributed by atoms with Crippen LogP contribution in [0, 0.1) is 0 Å². The molecule has 2 aliphatic heterocycles. The Hall–Kier alpha value is -2.71. The van der Waals surface area contributed by atoms with Gasteiger partial charge in [-0.25, -0.2) is 4.98 Å². The number of anilines is 2. The number of ether oxygens (including phenoxy) is 2. The molecule has 1 amide bonds. The van der Waals surface area contributed by atoms with Crippen molar-refractivity contribution in [3.05, 3.63) is 47.7 Å². The standard InChI is InChI=1S/C22H29N5O3/c1-16-14-27(15-17(2)30-16)21(28)19-5-3-18(4-6-19)13-24-22-23-8-7-20(25-22)26-9-11-29-12-10-26/h3-8,16-17H,9-15H2,1-2H3,(H,23,24,25)/t16-,17+. The van der Waals surface area contributed by atoms with Crippen LogP contribution in [-0.4, -0.2) is 72.4 Å². The van der Waals surface area contributed by atoms with Crippen molar-refractivity contribution in [1.29, 1.82) is 0 Å². The fourth-order valence-corrected chi connectivity index (χ4v) is 3.88. The number of aromatic nitrogens is 2. The number of morpholine rings is 2.